The topological polar surface area (TPSA) is 90.5 Å². The molecule has 2 aliphatic heterocycles. The molecule has 2 amide bonds. The molecule has 3 heterocycles. The van der Waals surface area contributed by atoms with E-state index in [9.17, 15) is 9.59 Å². The molecule has 3 aliphatic rings. The van der Waals surface area contributed by atoms with Gasteiger partial charge in [0, 0.05) is 61.2 Å². The van der Waals surface area contributed by atoms with E-state index in [0.29, 0.717) is 49.6 Å². The second-order valence-electron chi connectivity index (χ2n) is 9.38. The van der Waals surface area contributed by atoms with Crippen molar-refractivity contribution in [2.24, 2.45) is 5.92 Å². The van der Waals surface area contributed by atoms with Crippen LogP contribution in [-0.4, -0.2) is 65.4 Å². The first-order valence-electron chi connectivity index (χ1n) is 11.6. The second kappa shape index (κ2) is 8.91. The molecule has 3 atom stereocenters. The van der Waals surface area contributed by atoms with Crippen LogP contribution in [0.25, 0.3) is 0 Å². The molecule has 1 aromatic heterocycles. The van der Waals surface area contributed by atoms with Crippen LogP contribution in [0.2, 0.25) is 5.02 Å². The Morgan fingerprint density at radius 1 is 1.15 bits per heavy atom. The van der Waals surface area contributed by atoms with Gasteiger partial charge >= 0.3 is 0 Å². The van der Waals surface area contributed by atoms with Crippen molar-refractivity contribution in [2.45, 2.75) is 38.1 Å². The van der Waals surface area contributed by atoms with Gasteiger partial charge < -0.3 is 20.4 Å². The summed E-state index contributed by atoms with van der Waals surface area (Å²) in [4.78, 5) is 38.6. The molecule has 1 unspecified atom stereocenters. The van der Waals surface area contributed by atoms with Gasteiger partial charge in [-0.1, -0.05) is 37.6 Å². The van der Waals surface area contributed by atoms with Gasteiger partial charge in [0.1, 0.15) is 18.0 Å². The number of halogens is 1. The molecule has 1 aromatic carbocycles. The highest BCUT2D eigenvalue weighted by Crippen LogP contribution is 2.55. The molecule has 0 spiro atoms. The minimum atomic E-state index is -0.259. The van der Waals surface area contributed by atoms with E-state index in [2.05, 4.69) is 39.3 Å². The zero-order valence-corrected chi connectivity index (χ0v) is 19.7. The van der Waals surface area contributed by atoms with Crippen LogP contribution < -0.4 is 15.5 Å². The predicted molar refractivity (Wildman–Crippen MR) is 128 cm³/mol. The number of aromatic nitrogens is 2. The second-order valence-corrected chi connectivity index (χ2v) is 9.81. The van der Waals surface area contributed by atoms with Crippen LogP contribution in [0, 0.1) is 5.92 Å². The number of rotatable bonds is 6. The molecule has 2 aromatic rings. The Balaban J connectivity index is 1.29. The fraction of sp³-hybridized carbons (Fsp3) is 0.500. The number of amides is 2. The van der Waals surface area contributed by atoms with Gasteiger partial charge in [-0.25, -0.2) is 9.97 Å². The summed E-state index contributed by atoms with van der Waals surface area (Å²) >= 11 is 6.07. The maximum absolute atomic E-state index is 13.5. The Hall–Kier alpha value is -2.71. The molecule has 0 bridgehead atoms. The monoisotopic (exact) mass is 468 g/mol. The number of anilines is 2. The smallest absolute Gasteiger partial charge is 0.231 e. The molecule has 0 radical (unpaired) electrons. The van der Waals surface area contributed by atoms with Crippen LogP contribution in [0.1, 0.15) is 43.2 Å². The van der Waals surface area contributed by atoms with E-state index >= 15 is 0 Å². The minimum Gasteiger partial charge on any atom is -0.353 e. The molecular weight excluding hydrogens is 440 g/mol. The lowest BCUT2D eigenvalue weighted by Crippen LogP contribution is -2.51. The van der Waals surface area contributed by atoms with Crippen molar-refractivity contribution in [3.8, 4) is 0 Å². The summed E-state index contributed by atoms with van der Waals surface area (Å²) in [5.41, 5.74) is 2.03. The molecule has 33 heavy (non-hydrogen) atoms. The molecule has 1 saturated heterocycles. The quantitative estimate of drug-likeness (QED) is 0.677. The van der Waals surface area contributed by atoms with Gasteiger partial charge in [0.15, 0.2) is 0 Å². The molecule has 8 nitrogen and oxygen atoms in total. The van der Waals surface area contributed by atoms with E-state index < -0.39 is 0 Å². The number of hydrogen-bond acceptors (Lipinski definition) is 6. The molecule has 1 aliphatic carbocycles. The van der Waals surface area contributed by atoms with Crippen molar-refractivity contribution >= 4 is 35.1 Å². The summed E-state index contributed by atoms with van der Waals surface area (Å²) in [6.45, 7) is 7.40. The molecule has 1 saturated carbocycles. The third-order valence-electron chi connectivity index (χ3n) is 6.79. The van der Waals surface area contributed by atoms with E-state index in [1.54, 1.807) is 0 Å². The first kappa shape index (κ1) is 22.1. The SMILES string of the molecule is CC(C)NC[C@@H](C(=O)N1CCN(c2ncnc3c2C2C[C@H]2C(=O)N3)CC1)c1ccc(Cl)cc1. The molecule has 9 heteroatoms. The van der Waals surface area contributed by atoms with Crippen molar-refractivity contribution in [1.82, 2.24) is 20.2 Å². The van der Waals surface area contributed by atoms with Crippen LogP contribution in [0.15, 0.2) is 30.6 Å². The lowest BCUT2D eigenvalue weighted by Gasteiger charge is -2.38. The summed E-state index contributed by atoms with van der Waals surface area (Å²) in [7, 11) is 0. The van der Waals surface area contributed by atoms with Crippen molar-refractivity contribution in [3.05, 3.63) is 46.7 Å². The number of nitrogens with one attached hydrogen (secondary N) is 2. The number of nitrogens with zero attached hydrogens (tertiary/aromatic N) is 4. The number of benzene rings is 1. The number of carbonyl (C=O) groups is 2. The van der Waals surface area contributed by atoms with Crippen LogP contribution in [0.5, 0.6) is 0 Å². The Bertz CT molecular complexity index is 1050. The summed E-state index contributed by atoms with van der Waals surface area (Å²) < 4.78 is 0. The number of piperazine rings is 1. The zero-order chi connectivity index (χ0) is 23.1. The van der Waals surface area contributed by atoms with E-state index in [-0.39, 0.29) is 29.6 Å². The number of fused-ring (bicyclic) bond motifs is 3. The highest BCUT2D eigenvalue weighted by Gasteiger charge is 2.51. The average Bonchev–Trinajstić information content (AvgIpc) is 3.62. The first-order chi connectivity index (χ1) is 15.9. The third kappa shape index (κ3) is 4.42. The highest BCUT2D eigenvalue weighted by atomic mass is 35.5. The van der Waals surface area contributed by atoms with Crippen LogP contribution in [0.3, 0.4) is 0 Å². The third-order valence-corrected chi connectivity index (χ3v) is 7.05. The van der Waals surface area contributed by atoms with Gasteiger partial charge in [-0.05, 0) is 24.1 Å². The van der Waals surface area contributed by atoms with Crippen molar-refractivity contribution in [2.75, 3.05) is 42.9 Å². The molecule has 174 valence electrons. The van der Waals surface area contributed by atoms with Gasteiger partial charge in [-0.15, -0.1) is 0 Å². The Kier molecular flexibility index (Phi) is 5.97. The molecule has 2 fully saturated rings. The maximum atomic E-state index is 13.5. The van der Waals surface area contributed by atoms with E-state index in [1.807, 2.05) is 29.2 Å². The first-order valence-corrected chi connectivity index (χ1v) is 12.0. The minimum absolute atomic E-state index is 0.0544. The van der Waals surface area contributed by atoms with Gasteiger partial charge in [0.2, 0.25) is 11.8 Å². The van der Waals surface area contributed by atoms with Crippen molar-refractivity contribution in [1.29, 1.82) is 0 Å². The van der Waals surface area contributed by atoms with Crippen molar-refractivity contribution in [3.63, 3.8) is 0 Å². The lowest BCUT2D eigenvalue weighted by atomic mass is 9.96. The lowest BCUT2D eigenvalue weighted by molar-refractivity contribution is -0.133. The van der Waals surface area contributed by atoms with Gasteiger partial charge in [0.25, 0.3) is 0 Å². The highest BCUT2D eigenvalue weighted by molar-refractivity contribution is 6.30. The Morgan fingerprint density at radius 3 is 2.58 bits per heavy atom. The summed E-state index contributed by atoms with van der Waals surface area (Å²) in [5, 5.41) is 7.00. The summed E-state index contributed by atoms with van der Waals surface area (Å²) in [6.07, 6.45) is 2.38. The molecular formula is C24H29ClN6O2. The molecule has 2 N–H and O–H groups in total. The van der Waals surface area contributed by atoms with Crippen LogP contribution in [0.4, 0.5) is 11.6 Å². The van der Waals surface area contributed by atoms with E-state index in [1.165, 1.54) is 6.33 Å². The predicted octanol–water partition coefficient (Wildman–Crippen LogP) is 2.62. The van der Waals surface area contributed by atoms with E-state index in [4.69, 9.17) is 11.6 Å². The fourth-order valence-electron chi connectivity index (χ4n) is 4.85. The van der Waals surface area contributed by atoms with Gasteiger partial charge in [0.05, 0.1) is 5.92 Å². The van der Waals surface area contributed by atoms with Gasteiger partial charge in [-0.3, -0.25) is 9.59 Å². The Morgan fingerprint density at radius 2 is 1.88 bits per heavy atom. The van der Waals surface area contributed by atoms with Crippen LogP contribution in [-0.2, 0) is 9.59 Å². The fourth-order valence-corrected chi connectivity index (χ4v) is 4.97. The van der Waals surface area contributed by atoms with E-state index in [0.717, 1.165) is 23.4 Å². The average molecular weight is 469 g/mol. The standard InChI is InChI=1S/C24H29ClN6O2/c1-14(2)26-12-19(15-3-5-16(25)6-4-15)24(33)31-9-7-30(8-10-31)22-20-17-11-18(17)23(32)29-21(20)27-13-28-22/h3-6,13-14,17-19,26H,7-12H2,1-2H3,(H,27,28,29,32)/t17?,18-,19-/m1/s1. The summed E-state index contributed by atoms with van der Waals surface area (Å²) in [6, 6.07) is 7.85. The number of hydrogen-bond donors (Lipinski definition) is 2. The number of carbonyl (C=O) groups excluding carboxylic acids is 2. The van der Waals surface area contributed by atoms with Crippen LogP contribution >= 0.6 is 11.6 Å². The molecule has 5 rings (SSSR count). The van der Waals surface area contributed by atoms with Crippen molar-refractivity contribution < 1.29 is 9.59 Å². The van der Waals surface area contributed by atoms with Gasteiger partial charge in [-0.2, -0.15) is 0 Å². The zero-order valence-electron chi connectivity index (χ0n) is 18.9. The largest absolute Gasteiger partial charge is 0.353 e. The normalized spacial score (nSPS) is 22.5. The maximum Gasteiger partial charge on any atom is 0.231 e. The summed E-state index contributed by atoms with van der Waals surface area (Å²) in [5.74, 6) is 1.76. The Labute approximate surface area is 198 Å².